The van der Waals surface area contributed by atoms with Crippen LogP contribution < -0.4 is 5.32 Å². The van der Waals surface area contributed by atoms with Crippen molar-refractivity contribution in [1.29, 1.82) is 0 Å². The van der Waals surface area contributed by atoms with Gasteiger partial charge in [-0.15, -0.1) is 0 Å². The lowest BCUT2D eigenvalue weighted by Gasteiger charge is -2.62. The first-order valence-electron chi connectivity index (χ1n) is 13.5. The molecule has 0 aliphatic heterocycles. The lowest BCUT2D eigenvalue weighted by atomic mass is 9.43. The molecule has 1 amide bonds. The molecule has 4 heteroatoms. The zero-order valence-electron chi connectivity index (χ0n) is 20.9. The van der Waals surface area contributed by atoms with Crippen molar-refractivity contribution in [3.63, 3.8) is 0 Å². The lowest BCUT2D eigenvalue weighted by Crippen LogP contribution is -2.58. The fraction of sp³-hybridized carbons (Fsp3) is 0.893. The molecule has 4 saturated carbocycles. The monoisotopic (exact) mass is 445 g/mol. The van der Waals surface area contributed by atoms with Gasteiger partial charge in [-0.25, -0.2) is 0 Å². The molecule has 0 heterocycles. The minimum Gasteiger partial charge on any atom is -0.393 e. The summed E-state index contributed by atoms with van der Waals surface area (Å²) in [7, 11) is 0. The van der Waals surface area contributed by atoms with Gasteiger partial charge in [0.25, 0.3) is 0 Å². The number of nitrogens with one attached hydrogen (secondary N) is 1. The van der Waals surface area contributed by atoms with Crippen molar-refractivity contribution in [2.45, 2.75) is 104 Å². The second kappa shape index (κ2) is 9.41. The van der Waals surface area contributed by atoms with Gasteiger partial charge >= 0.3 is 0 Å². The second-order valence-corrected chi connectivity index (χ2v) is 12.3. The number of carbonyl (C=O) groups is 1. The predicted molar refractivity (Wildman–Crippen MR) is 129 cm³/mol. The first-order chi connectivity index (χ1) is 15.2. The van der Waals surface area contributed by atoms with Crippen molar-refractivity contribution in [1.82, 2.24) is 5.32 Å². The van der Waals surface area contributed by atoms with Crippen molar-refractivity contribution in [3.8, 4) is 0 Å². The maximum Gasteiger partial charge on any atom is 0.243 e. The number of hydrogen-bond acceptors (Lipinski definition) is 3. The summed E-state index contributed by atoms with van der Waals surface area (Å²) >= 11 is 0. The molecule has 4 nitrogen and oxygen atoms in total. The van der Waals surface area contributed by atoms with Crippen molar-refractivity contribution in [2.24, 2.45) is 46.3 Å². The molecule has 4 rings (SSSR count). The fourth-order valence-electron chi connectivity index (χ4n) is 9.16. The summed E-state index contributed by atoms with van der Waals surface area (Å²) in [5.74, 6) is 3.57. The van der Waals surface area contributed by atoms with Gasteiger partial charge in [0.05, 0.1) is 12.2 Å². The van der Waals surface area contributed by atoms with Crippen molar-refractivity contribution >= 4 is 5.91 Å². The number of rotatable bonds is 6. The van der Waals surface area contributed by atoms with Gasteiger partial charge in [0.2, 0.25) is 5.91 Å². The molecule has 0 spiro atoms. The first-order valence-corrected chi connectivity index (χ1v) is 13.5. The van der Waals surface area contributed by atoms with Crippen LogP contribution in [-0.4, -0.2) is 34.9 Å². The Labute approximate surface area is 195 Å². The summed E-state index contributed by atoms with van der Waals surface area (Å²) in [6, 6.07) is 0. The van der Waals surface area contributed by atoms with Crippen LogP contribution in [0.3, 0.4) is 0 Å². The summed E-state index contributed by atoms with van der Waals surface area (Å²) < 4.78 is 0. The molecular weight excluding hydrogens is 398 g/mol. The molecule has 32 heavy (non-hydrogen) atoms. The van der Waals surface area contributed by atoms with Crippen LogP contribution in [0.15, 0.2) is 12.2 Å². The highest BCUT2D eigenvalue weighted by Crippen LogP contribution is 2.68. The molecule has 0 saturated heterocycles. The first kappa shape index (κ1) is 24.3. The summed E-state index contributed by atoms with van der Waals surface area (Å²) in [6.07, 6.45) is 14.4. The van der Waals surface area contributed by atoms with E-state index in [4.69, 9.17) is 0 Å². The van der Waals surface area contributed by atoms with E-state index in [1.165, 1.54) is 25.7 Å². The minimum atomic E-state index is -0.193. The van der Waals surface area contributed by atoms with Crippen LogP contribution in [-0.2, 0) is 4.79 Å². The minimum absolute atomic E-state index is 0.0136. The zero-order valence-corrected chi connectivity index (χ0v) is 20.9. The number of amides is 1. The van der Waals surface area contributed by atoms with Crippen LogP contribution in [0.5, 0.6) is 0 Å². The molecule has 3 N–H and O–H groups in total. The van der Waals surface area contributed by atoms with Gasteiger partial charge in [0, 0.05) is 6.54 Å². The zero-order chi connectivity index (χ0) is 23.1. The molecule has 1 unspecified atom stereocenters. The number of hydrogen-bond donors (Lipinski definition) is 3. The molecule has 10 atom stereocenters. The highest BCUT2D eigenvalue weighted by atomic mass is 16.3. The van der Waals surface area contributed by atoms with E-state index in [9.17, 15) is 15.0 Å². The third-order valence-electron chi connectivity index (χ3n) is 10.8. The SMILES string of the molecule is CCNC(=O)C=CCC[C@@H](C)[C@H]1CC[C@H]2[C@@H]3C(O)C[C@@H]4C[C@H](O)CC[C@]4(C)[C@H]3CC[C@]12C. The van der Waals surface area contributed by atoms with Crippen LogP contribution in [0.25, 0.3) is 0 Å². The second-order valence-electron chi connectivity index (χ2n) is 12.3. The largest absolute Gasteiger partial charge is 0.393 e. The van der Waals surface area contributed by atoms with E-state index in [0.29, 0.717) is 47.0 Å². The maximum absolute atomic E-state index is 11.7. The molecule has 4 aliphatic rings. The van der Waals surface area contributed by atoms with Crippen LogP contribution in [0.4, 0.5) is 0 Å². The molecule has 0 radical (unpaired) electrons. The van der Waals surface area contributed by atoms with Crippen LogP contribution >= 0.6 is 0 Å². The van der Waals surface area contributed by atoms with E-state index < -0.39 is 0 Å². The van der Waals surface area contributed by atoms with Crippen LogP contribution in [0.1, 0.15) is 91.9 Å². The quantitative estimate of drug-likeness (QED) is 0.499. The van der Waals surface area contributed by atoms with Crippen molar-refractivity contribution in [2.75, 3.05) is 6.54 Å². The van der Waals surface area contributed by atoms with E-state index in [0.717, 1.165) is 44.4 Å². The van der Waals surface area contributed by atoms with Gasteiger partial charge in [-0.05, 0) is 124 Å². The van der Waals surface area contributed by atoms with E-state index in [2.05, 4.69) is 26.1 Å². The molecule has 4 aliphatic carbocycles. The molecule has 182 valence electrons. The summed E-state index contributed by atoms with van der Waals surface area (Å²) in [5, 5.41) is 24.5. The Morgan fingerprint density at radius 2 is 1.78 bits per heavy atom. The smallest absolute Gasteiger partial charge is 0.243 e. The number of aliphatic hydroxyl groups excluding tert-OH is 2. The third kappa shape index (κ3) is 4.19. The Morgan fingerprint density at radius 1 is 1.06 bits per heavy atom. The number of carbonyl (C=O) groups excluding carboxylic acids is 1. The van der Waals surface area contributed by atoms with Crippen molar-refractivity contribution in [3.05, 3.63) is 12.2 Å². The standard InChI is InChI=1S/C28H47NO3/c1-5-29-25(32)9-7-6-8-18(2)21-10-11-22-26-23(13-15-28(21,22)4)27(3)14-12-20(30)16-19(27)17-24(26)31/h7,9,18-24,26,30-31H,5-6,8,10-17H2,1-4H3,(H,29,32)/t18-,19+,20-,21-,22+,23+,24?,26+,27+,28-/m1/s1. The summed E-state index contributed by atoms with van der Waals surface area (Å²) in [5.41, 5.74) is 0.639. The topological polar surface area (TPSA) is 69.6 Å². The van der Waals surface area contributed by atoms with E-state index in [1.54, 1.807) is 6.08 Å². The Kier molecular flexibility index (Phi) is 7.13. The highest BCUT2D eigenvalue weighted by Gasteiger charge is 2.62. The normalized spacial score (nSPS) is 46.9. The molecule has 0 aromatic rings. The lowest BCUT2D eigenvalue weighted by molar-refractivity contribution is -0.174. The third-order valence-corrected chi connectivity index (χ3v) is 10.8. The number of fused-ring (bicyclic) bond motifs is 5. The van der Waals surface area contributed by atoms with Crippen molar-refractivity contribution < 1.29 is 15.0 Å². The molecule has 0 bridgehead atoms. The number of likely N-dealkylation sites (N-methyl/N-ethyl adjacent to an activating group) is 1. The highest BCUT2D eigenvalue weighted by molar-refractivity contribution is 5.87. The summed E-state index contributed by atoms with van der Waals surface area (Å²) in [4.78, 5) is 11.7. The average molecular weight is 446 g/mol. The number of allylic oxidation sites excluding steroid dienone is 1. The maximum atomic E-state index is 11.7. The van der Waals surface area contributed by atoms with Gasteiger partial charge in [-0.2, -0.15) is 0 Å². The van der Waals surface area contributed by atoms with Crippen LogP contribution in [0.2, 0.25) is 0 Å². The van der Waals surface area contributed by atoms with Crippen LogP contribution in [0, 0.1) is 46.3 Å². The molecule has 4 fully saturated rings. The fourth-order valence-corrected chi connectivity index (χ4v) is 9.16. The molecule has 0 aromatic heterocycles. The van der Waals surface area contributed by atoms with Gasteiger partial charge in [0.1, 0.15) is 0 Å². The molecule has 0 aromatic carbocycles. The van der Waals surface area contributed by atoms with E-state index >= 15 is 0 Å². The summed E-state index contributed by atoms with van der Waals surface area (Å²) in [6.45, 7) is 10.1. The number of aliphatic hydroxyl groups is 2. The molecular formula is C28H47NO3. The average Bonchev–Trinajstić information content (AvgIpc) is 3.10. The Balaban J connectivity index is 1.43. The predicted octanol–water partition coefficient (Wildman–Crippen LogP) is 5.09. The van der Waals surface area contributed by atoms with E-state index in [1.807, 2.05) is 13.0 Å². The van der Waals surface area contributed by atoms with Gasteiger partial charge in [-0.3, -0.25) is 4.79 Å². The van der Waals surface area contributed by atoms with Gasteiger partial charge in [-0.1, -0.05) is 26.8 Å². The van der Waals surface area contributed by atoms with Gasteiger partial charge < -0.3 is 15.5 Å². The van der Waals surface area contributed by atoms with Gasteiger partial charge in [0.15, 0.2) is 0 Å². The Bertz CT molecular complexity index is 707. The van der Waals surface area contributed by atoms with E-state index in [-0.39, 0.29) is 18.1 Å². The Hall–Kier alpha value is -0.870. The Morgan fingerprint density at radius 3 is 2.53 bits per heavy atom.